The standard InChI is InChI=1S/C38H42N4O5/c43-11-10-39-35(45)33-28-19-37(15-22-4-1-2-5-23(22)16-37)47-32(28)31(46-33)21-6-3-7-27-29(12-21)40-20-41-34(27)42-30(44)8-9-36-17-25-13-24-14-26(18-36)38(24,25)36/h1-6,8-9,12,20,24-26,28,31-33,35,39,43,45H,7,10-11,13-19H2,(H,40,41,42,44). The van der Waals surface area contributed by atoms with Crippen molar-refractivity contribution < 1.29 is 24.5 Å². The number of carbonyl (C=O) groups is 1. The Bertz CT molecular complexity index is 1700. The van der Waals surface area contributed by atoms with Gasteiger partial charge in [0.05, 0.1) is 24.0 Å². The van der Waals surface area contributed by atoms with Gasteiger partial charge >= 0.3 is 0 Å². The first-order valence-corrected chi connectivity index (χ1v) is 17.6. The molecule has 2 aliphatic heterocycles. The minimum atomic E-state index is -0.933. The number of nitrogens with zero attached hydrogens (tertiary/aromatic N) is 2. The molecule has 1 aromatic heterocycles. The number of hydrogen-bond acceptors (Lipinski definition) is 8. The van der Waals surface area contributed by atoms with E-state index in [1.165, 1.54) is 43.1 Å². The van der Waals surface area contributed by atoms with Crippen LogP contribution >= 0.6 is 0 Å². The average molecular weight is 635 g/mol. The highest BCUT2D eigenvalue weighted by Gasteiger charge is 2.86. The summed E-state index contributed by atoms with van der Waals surface area (Å²) in [7, 11) is 0. The summed E-state index contributed by atoms with van der Waals surface area (Å²) < 4.78 is 13.6. The number of benzene rings is 1. The number of rotatable bonds is 8. The zero-order valence-corrected chi connectivity index (χ0v) is 26.5. The van der Waals surface area contributed by atoms with Crippen LogP contribution in [0.1, 0.15) is 54.5 Å². The van der Waals surface area contributed by atoms with Crippen molar-refractivity contribution in [2.45, 2.75) is 81.5 Å². The molecule has 0 radical (unpaired) electrons. The lowest BCUT2D eigenvalue weighted by atomic mass is 9.13. The van der Waals surface area contributed by atoms with Gasteiger partial charge in [0, 0.05) is 30.9 Å². The predicted molar refractivity (Wildman–Crippen MR) is 174 cm³/mol. The van der Waals surface area contributed by atoms with Crippen molar-refractivity contribution >= 4 is 17.8 Å². The largest absolute Gasteiger partial charge is 0.395 e. The normalized spacial score (nSPS) is 39.6. The van der Waals surface area contributed by atoms with Crippen LogP contribution in [0.2, 0.25) is 0 Å². The summed E-state index contributed by atoms with van der Waals surface area (Å²) in [4.78, 5) is 22.3. The van der Waals surface area contributed by atoms with E-state index >= 15 is 0 Å². The molecule has 3 heterocycles. The van der Waals surface area contributed by atoms with Crippen molar-refractivity contribution in [3.8, 4) is 0 Å². The second-order valence-corrected chi connectivity index (χ2v) is 15.6. The van der Waals surface area contributed by atoms with E-state index in [4.69, 9.17) is 9.47 Å². The van der Waals surface area contributed by atoms with Crippen molar-refractivity contribution in [1.29, 1.82) is 0 Å². The van der Waals surface area contributed by atoms with Crippen LogP contribution in [0, 0.1) is 34.5 Å². The van der Waals surface area contributed by atoms with Gasteiger partial charge in [-0.3, -0.25) is 10.1 Å². The van der Waals surface area contributed by atoms with Gasteiger partial charge in [-0.25, -0.2) is 9.97 Å². The van der Waals surface area contributed by atoms with Crippen LogP contribution in [-0.4, -0.2) is 69.4 Å². The Morgan fingerprint density at radius 2 is 1.87 bits per heavy atom. The Morgan fingerprint density at radius 1 is 1.09 bits per heavy atom. The molecular formula is C38H42N4O5. The van der Waals surface area contributed by atoms with Crippen LogP contribution in [0.25, 0.3) is 6.08 Å². The number of aromatic nitrogens is 2. The first kappa shape index (κ1) is 28.8. The maximum absolute atomic E-state index is 13.2. The average Bonchev–Trinajstić information content (AvgIpc) is 3.62. The molecule has 0 bridgehead atoms. The lowest BCUT2D eigenvalue weighted by Gasteiger charge is -2.91. The molecule has 47 heavy (non-hydrogen) atoms. The van der Waals surface area contributed by atoms with Gasteiger partial charge in [-0.1, -0.05) is 42.5 Å². The molecule has 9 nitrogen and oxygen atoms in total. The number of fused-ring (bicyclic) bond motifs is 3. The van der Waals surface area contributed by atoms with E-state index < -0.39 is 18.4 Å². The summed E-state index contributed by atoms with van der Waals surface area (Å²) >= 11 is 0. The zero-order valence-electron chi connectivity index (χ0n) is 26.5. The molecule has 1 amide bonds. The number of nitrogens with one attached hydrogen (secondary N) is 2. The highest BCUT2D eigenvalue weighted by atomic mass is 16.6. The summed E-state index contributed by atoms with van der Waals surface area (Å²) in [5.74, 6) is 3.10. The monoisotopic (exact) mass is 634 g/mol. The van der Waals surface area contributed by atoms with Crippen molar-refractivity contribution in [2.75, 3.05) is 18.5 Å². The third kappa shape index (κ3) is 3.92. The number of aliphatic hydroxyl groups is 2. The zero-order chi connectivity index (χ0) is 31.5. The Labute approximate surface area is 274 Å². The lowest BCUT2D eigenvalue weighted by molar-refractivity contribution is -0.413. The maximum atomic E-state index is 13.2. The molecule has 2 aromatic rings. The van der Waals surface area contributed by atoms with Crippen LogP contribution in [0.5, 0.6) is 0 Å². The Balaban J connectivity index is 0.900. The van der Waals surface area contributed by atoms with Gasteiger partial charge in [0.1, 0.15) is 30.6 Å². The van der Waals surface area contributed by atoms with E-state index in [1.807, 2.05) is 6.08 Å². The summed E-state index contributed by atoms with van der Waals surface area (Å²) in [5, 5.41) is 26.6. The number of hydrogen-bond donors (Lipinski definition) is 4. The number of amides is 1. The van der Waals surface area contributed by atoms with Crippen LogP contribution in [0.15, 0.2) is 60.5 Å². The van der Waals surface area contributed by atoms with Crippen LogP contribution in [-0.2, 0) is 33.5 Å². The fourth-order valence-electron chi connectivity index (χ4n) is 11.9. The number of carbonyl (C=O) groups excluding carboxylic acids is 1. The number of aliphatic hydroxyl groups excluding tert-OH is 2. The molecule has 9 heteroatoms. The molecule has 4 saturated carbocycles. The molecule has 6 fully saturated rings. The molecule has 4 N–H and O–H groups in total. The smallest absolute Gasteiger partial charge is 0.249 e. The Morgan fingerprint density at radius 3 is 2.60 bits per heavy atom. The highest BCUT2D eigenvalue weighted by Crippen LogP contribution is 2.93. The molecule has 2 saturated heterocycles. The molecule has 244 valence electrons. The van der Waals surface area contributed by atoms with Gasteiger partial charge in [0.15, 0.2) is 0 Å². The van der Waals surface area contributed by atoms with Crippen molar-refractivity contribution in [2.24, 2.45) is 34.5 Å². The lowest BCUT2D eigenvalue weighted by Crippen LogP contribution is -2.84. The number of ether oxygens (including phenoxy) is 2. The van der Waals surface area contributed by atoms with E-state index in [9.17, 15) is 15.0 Å². The van der Waals surface area contributed by atoms with Gasteiger partial charge in [0.2, 0.25) is 5.91 Å². The third-order valence-corrected chi connectivity index (χ3v) is 13.6. The van der Waals surface area contributed by atoms with Gasteiger partial charge in [-0.15, -0.1) is 0 Å². The summed E-state index contributed by atoms with van der Waals surface area (Å²) in [6.45, 7) is 0.208. The molecular weight excluding hydrogens is 592 g/mol. The summed E-state index contributed by atoms with van der Waals surface area (Å²) in [6.07, 6.45) is 18.0. The molecule has 8 aliphatic rings. The molecule has 10 rings (SSSR count). The van der Waals surface area contributed by atoms with E-state index in [1.54, 1.807) is 6.08 Å². The second kappa shape index (κ2) is 10.2. The molecule has 7 unspecified atom stereocenters. The van der Waals surface area contributed by atoms with Gasteiger partial charge < -0.3 is 25.0 Å². The first-order valence-electron chi connectivity index (χ1n) is 17.6. The topological polar surface area (TPSA) is 126 Å². The molecule has 2 spiro atoms. The Kier molecular flexibility index (Phi) is 6.22. The van der Waals surface area contributed by atoms with E-state index in [0.717, 1.165) is 53.8 Å². The van der Waals surface area contributed by atoms with Gasteiger partial charge in [-0.2, -0.15) is 0 Å². The van der Waals surface area contributed by atoms with Crippen molar-refractivity contribution in [3.63, 3.8) is 0 Å². The van der Waals surface area contributed by atoms with Crippen LogP contribution < -0.4 is 10.6 Å². The van der Waals surface area contributed by atoms with E-state index in [-0.39, 0.29) is 42.1 Å². The fourth-order valence-corrected chi connectivity index (χ4v) is 11.9. The van der Waals surface area contributed by atoms with Crippen molar-refractivity contribution in [3.05, 3.63) is 82.9 Å². The fraction of sp³-hybridized carbons (Fsp3) is 0.553. The summed E-state index contributed by atoms with van der Waals surface area (Å²) in [5.41, 5.74) is 5.69. The minimum absolute atomic E-state index is 0.0226. The number of allylic oxidation sites excluding steroid dienone is 2. The van der Waals surface area contributed by atoms with E-state index in [0.29, 0.717) is 17.7 Å². The third-order valence-electron chi connectivity index (χ3n) is 13.6. The molecule has 6 aliphatic carbocycles. The first-order chi connectivity index (χ1) is 22.9. The van der Waals surface area contributed by atoms with Gasteiger partial charge in [-0.05, 0) is 96.0 Å². The molecule has 7 atom stereocenters. The highest BCUT2D eigenvalue weighted by molar-refractivity contribution is 5.99. The van der Waals surface area contributed by atoms with Crippen molar-refractivity contribution in [1.82, 2.24) is 15.3 Å². The summed E-state index contributed by atoms with van der Waals surface area (Å²) in [6, 6.07) is 8.54. The van der Waals surface area contributed by atoms with E-state index in [2.05, 4.69) is 63.1 Å². The maximum Gasteiger partial charge on any atom is 0.249 e. The van der Waals surface area contributed by atoms with Gasteiger partial charge in [0.25, 0.3) is 0 Å². The van der Waals surface area contributed by atoms with Crippen LogP contribution in [0.4, 0.5) is 5.82 Å². The SMILES string of the molecule is O=C(C=CC12CC3CC4CC(C1)C432)Nc1ncnc2c1CC=CC(C1OC(C(O)NCCO)C3CC4(Cc5ccccc5C4)OC13)=C2. The number of anilines is 1. The molecule has 1 aromatic carbocycles. The quantitative estimate of drug-likeness (QED) is 0.257. The predicted octanol–water partition coefficient (Wildman–Crippen LogP) is 3.51. The second-order valence-electron chi connectivity index (χ2n) is 15.6. The van der Waals surface area contributed by atoms with Crippen LogP contribution in [0.3, 0.4) is 0 Å². The minimum Gasteiger partial charge on any atom is -0.395 e. The Hall–Kier alpha value is -3.21.